The number of rotatable bonds is 5. The van der Waals surface area contributed by atoms with Crippen LogP contribution in [0.25, 0.3) is 0 Å². The Labute approximate surface area is 162 Å². The molecule has 1 aliphatic rings. The van der Waals surface area contributed by atoms with Crippen molar-refractivity contribution >= 4 is 27.3 Å². The Morgan fingerprint density at radius 3 is 2.44 bits per heavy atom. The molecule has 0 spiro atoms. The Hall–Kier alpha value is -2.20. The van der Waals surface area contributed by atoms with Crippen molar-refractivity contribution in [3.8, 4) is 11.5 Å². The van der Waals surface area contributed by atoms with Gasteiger partial charge in [0.2, 0.25) is 15.8 Å². The minimum Gasteiger partial charge on any atom is -0.449 e. The Balaban J connectivity index is 1.94. The minimum absolute atomic E-state index is 0.0742. The third-order valence-corrected chi connectivity index (χ3v) is 6.60. The third-order valence-electron chi connectivity index (χ3n) is 4.40. The molecule has 8 nitrogen and oxygen atoms in total. The number of ether oxygens (including phenoxy) is 1. The van der Waals surface area contributed by atoms with Gasteiger partial charge in [-0.2, -0.15) is 4.31 Å². The predicted octanol–water partition coefficient (Wildman–Crippen LogP) is 1.56. The summed E-state index contributed by atoms with van der Waals surface area (Å²) in [5.41, 5.74) is -0.434. The molecule has 1 saturated heterocycles. The predicted molar refractivity (Wildman–Crippen MR) is 100 cm³/mol. The van der Waals surface area contributed by atoms with Crippen molar-refractivity contribution in [3.63, 3.8) is 0 Å². The van der Waals surface area contributed by atoms with E-state index in [-0.39, 0.29) is 16.4 Å². The summed E-state index contributed by atoms with van der Waals surface area (Å²) in [7, 11) is -1.81. The van der Waals surface area contributed by atoms with Crippen LogP contribution in [0.5, 0.6) is 11.5 Å². The summed E-state index contributed by atoms with van der Waals surface area (Å²) in [4.78, 5) is 11.9. The Kier molecular flexibility index (Phi) is 5.66. The van der Waals surface area contributed by atoms with Crippen LogP contribution >= 0.6 is 11.6 Å². The smallest absolute Gasteiger partial charge is 0.312 e. The van der Waals surface area contributed by atoms with Crippen LogP contribution in [0.4, 0.5) is 5.69 Å². The molecule has 27 heavy (non-hydrogen) atoms. The van der Waals surface area contributed by atoms with Gasteiger partial charge >= 0.3 is 5.69 Å². The Morgan fingerprint density at radius 2 is 1.81 bits per heavy atom. The van der Waals surface area contributed by atoms with Crippen LogP contribution in [0.3, 0.4) is 0 Å². The summed E-state index contributed by atoms with van der Waals surface area (Å²) in [5, 5.41) is 11.8. The van der Waals surface area contributed by atoms with Gasteiger partial charge in [0, 0.05) is 6.07 Å². The van der Waals surface area contributed by atoms with E-state index in [2.05, 4.69) is 0 Å². The first-order valence-corrected chi connectivity index (χ1v) is 10.1. The number of piperazine rings is 1. The lowest BCUT2D eigenvalue weighted by molar-refractivity contribution is -0.883. The number of halogens is 1. The number of sulfonamides is 1. The zero-order valence-electron chi connectivity index (χ0n) is 14.6. The number of quaternary nitrogens is 1. The molecule has 0 saturated carbocycles. The van der Waals surface area contributed by atoms with Crippen molar-refractivity contribution in [3.05, 3.63) is 57.6 Å². The van der Waals surface area contributed by atoms with E-state index in [1.54, 1.807) is 24.3 Å². The number of nitro benzene ring substituents is 1. The number of nitrogens with one attached hydrogen (secondary N) is 1. The van der Waals surface area contributed by atoms with E-state index in [4.69, 9.17) is 16.3 Å². The number of likely N-dealkylation sites (N-methyl/N-ethyl adjacent to an activating group) is 1. The molecule has 0 radical (unpaired) electrons. The SMILES string of the molecule is C[NH+]1CCN(S(=O)(=O)c2ccc(Oc3ccccc3Cl)c([N+](=O)[O-])c2)CC1. The topological polar surface area (TPSA) is 94.2 Å². The quantitative estimate of drug-likeness (QED) is 0.594. The molecule has 1 fully saturated rings. The first-order valence-electron chi connectivity index (χ1n) is 8.31. The van der Waals surface area contributed by atoms with E-state index < -0.39 is 20.6 Å². The molecule has 0 unspecified atom stereocenters. The molecule has 1 aliphatic heterocycles. The fourth-order valence-electron chi connectivity index (χ4n) is 2.79. The molecular weight excluding hydrogens is 394 g/mol. The molecule has 0 atom stereocenters. The van der Waals surface area contributed by atoms with Gasteiger partial charge in [0.15, 0.2) is 0 Å². The van der Waals surface area contributed by atoms with E-state index >= 15 is 0 Å². The number of hydrogen-bond donors (Lipinski definition) is 1. The van der Waals surface area contributed by atoms with E-state index in [9.17, 15) is 18.5 Å². The number of hydrogen-bond acceptors (Lipinski definition) is 5. The van der Waals surface area contributed by atoms with Gasteiger partial charge in [-0.3, -0.25) is 10.1 Å². The van der Waals surface area contributed by atoms with Gasteiger partial charge in [-0.05, 0) is 24.3 Å². The van der Waals surface area contributed by atoms with Crippen LogP contribution in [-0.2, 0) is 10.0 Å². The van der Waals surface area contributed by atoms with Gasteiger partial charge in [0.05, 0.1) is 48.1 Å². The normalized spacial score (nSPS) is 16.2. The van der Waals surface area contributed by atoms with Crippen molar-refractivity contribution in [1.29, 1.82) is 0 Å². The molecule has 0 bridgehead atoms. The fraction of sp³-hybridized carbons (Fsp3) is 0.294. The van der Waals surface area contributed by atoms with Crippen LogP contribution < -0.4 is 9.64 Å². The second kappa shape index (κ2) is 7.81. The lowest BCUT2D eigenvalue weighted by Gasteiger charge is -2.29. The van der Waals surface area contributed by atoms with Gasteiger partial charge in [-0.15, -0.1) is 0 Å². The van der Waals surface area contributed by atoms with Gasteiger partial charge in [-0.1, -0.05) is 23.7 Å². The lowest BCUT2D eigenvalue weighted by Crippen LogP contribution is -3.12. The zero-order valence-corrected chi connectivity index (χ0v) is 16.2. The van der Waals surface area contributed by atoms with Crippen molar-refractivity contribution in [2.75, 3.05) is 33.2 Å². The average Bonchev–Trinajstić information content (AvgIpc) is 2.64. The van der Waals surface area contributed by atoms with Crippen molar-refractivity contribution in [2.45, 2.75) is 4.90 Å². The fourth-order valence-corrected chi connectivity index (χ4v) is 4.43. The average molecular weight is 413 g/mol. The molecule has 0 aromatic heterocycles. The van der Waals surface area contributed by atoms with E-state index in [0.29, 0.717) is 31.2 Å². The first kappa shape index (κ1) is 19.6. The van der Waals surface area contributed by atoms with Crippen molar-refractivity contribution in [2.24, 2.45) is 0 Å². The number of benzene rings is 2. The standard InChI is InChI=1S/C17H18ClN3O5S/c1-19-8-10-20(11-9-19)27(24,25)13-6-7-17(15(12-13)21(22)23)26-16-5-3-2-4-14(16)18/h2-7,12H,8-11H2,1H3/p+1. The van der Waals surface area contributed by atoms with E-state index in [1.807, 2.05) is 7.05 Å². The summed E-state index contributed by atoms with van der Waals surface area (Å²) >= 11 is 6.02. The monoisotopic (exact) mass is 412 g/mol. The van der Waals surface area contributed by atoms with Crippen molar-refractivity contribution in [1.82, 2.24) is 4.31 Å². The second-order valence-corrected chi connectivity index (χ2v) is 8.63. The van der Waals surface area contributed by atoms with E-state index in [1.165, 1.54) is 21.3 Å². The number of para-hydroxylation sites is 1. The third kappa shape index (κ3) is 4.22. The molecule has 2 aromatic carbocycles. The molecule has 1 N–H and O–H groups in total. The van der Waals surface area contributed by atoms with Crippen LogP contribution in [0, 0.1) is 10.1 Å². The zero-order chi connectivity index (χ0) is 19.6. The van der Waals surface area contributed by atoms with Crippen LogP contribution in [0.1, 0.15) is 0 Å². The molecule has 0 aliphatic carbocycles. The highest BCUT2D eigenvalue weighted by molar-refractivity contribution is 7.89. The number of nitro groups is 1. The lowest BCUT2D eigenvalue weighted by atomic mass is 10.3. The molecule has 144 valence electrons. The van der Waals surface area contributed by atoms with Gasteiger partial charge < -0.3 is 9.64 Å². The van der Waals surface area contributed by atoms with Gasteiger partial charge in [0.25, 0.3) is 0 Å². The summed E-state index contributed by atoms with van der Waals surface area (Å²) in [6, 6.07) is 10.2. The highest BCUT2D eigenvalue weighted by atomic mass is 35.5. The number of nitrogens with zero attached hydrogens (tertiary/aromatic N) is 2. The van der Waals surface area contributed by atoms with Gasteiger partial charge in [-0.25, -0.2) is 8.42 Å². The molecule has 10 heteroatoms. The van der Waals surface area contributed by atoms with Crippen LogP contribution in [0.2, 0.25) is 5.02 Å². The highest BCUT2D eigenvalue weighted by Crippen LogP contribution is 2.36. The van der Waals surface area contributed by atoms with E-state index in [0.717, 1.165) is 6.07 Å². The largest absolute Gasteiger partial charge is 0.449 e. The molecule has 2 aromatic rings. The maximum atomic E-state index is 12.8. The minimum atomic E-state index is -3.81. The second-order valence-electron chi connectivity index (χ2n) is 6.28. The molecule has 3 rings (SSSR count). The molecule has 0 amide bonds. The highest BCUT2D eigenvalue weighted by Gasteiger charge is 2.31. The molecule has 1 heterocycles. The Bertz CT molecular complexity index is 959. The maximum Gasteiger partial charge on any atom is 0.312 e. The van der Waals surface area contributed by atoms with Crippen molar-refractivity contribution < 1.29 is 23.0 Å². The summed E-state index contributed by atoms with van der Waals surface area (Å²) in [6.45, 7) is 2.13. The van der Waals surface area contributed by atoms with Crippen LogP contribution in [-0.4, -0.2) is 50.9 Å². The summed E-state index contributed by atoms with van der Waals surface area (Å²) < 4.78 is 32.5. The summed E-state index contributed by atoms with van der Waals surface area (Å²) in [6.07, 6.45) is 0. The first-order chi connectivity index (χ1) is 12.8. The summed E-state index contributed by atoms with van der Waals surface area (Å²) in [5.74, 6) is 0.176. The Morgan fingerprint density at radius 1 is 1.15 bits per heavy atom. The van der Waals surface area contributed by atoms with Gasteiger partial charge in [0.1, 0.15) is 5.75 Å². The van der Waals surface area contributed by atoms with Crippen LogP contribution in [0.15, 0.2) is 47.4 Å². The maximum absolute atomic E-state index is 12.8. The molecular formula is C17H19ClN3O5S+.